The van der Waals surface area contributed by atoms with Crippen molar-refractivity contribution in [1.82, 2.24) is 5.32 Å². The van der Waals surface area contributed by atoms with Gasteiger partial charge in [-0.2, -0.15) is 0 Å². The van der Waals surface area contributed by atoms with Crippen LogP contribution in [0.2, 0.25) is 0 Å². The summed E-state index contributed by atoms with van der Waals surface area (Å²) in [4.78, 5) is 37.0. The van der Waals surface area contributed by atoms with Crippen molar-refractivity contribution >= 4 is 17.7 Å². The predicted molar refractivity (Wildman–Crippen MR) is 98.1 cm³/mol. The first kappa shape index (κ1) is 21.7. The zero-order valence-corrected chi connectivity index (χ0v) is 16.6. The fourth-order valence-corrected chi connectivity index (χ4v) is 4.12. The average Bonchev–Trinajstić information content (AvgIpc) is 2.95. The van der Waals surface area contributed by atoms with E-state index < -0.39 is 29.3 Å². The van der Waals surface area contributed by atoms with Crippen LogP contribution in [-0.4, -0.2) is 28.8 Å². The summed E-state index contributed by atoms with van der Waals surface area (Å²) in [5, 5.41) is 12.7. The Morgan fingerprint density at radius 3 is 2.00 bits per heavy atom. The first-order chi connectivity index (χ1) is 11.4. The van der Waals surface area contributed by atoms with Crippen LogP contribution < -0.4 is 5.32 Å². The maximum Gasteiger partial charge on any atom is 0.307 e. The number of carboxylic acid groups (broad SMARTS) is 1. The van der Waals surface area contributed by atoms with Gasteiger partial charge in [-0.3, -0.25) is 14.4 Å². The van der Waals surface area contributed by atoms with Gasteiger partial charge in [0.25, 0.3) is 0 Å². The largest absolute Gasteiger partial charge is 0.481 e. The van der Waals surface area contributed by atoms with Crippen molar-refractivity contribution in [3.05, 3.63) is 0 Å². The van der Waals surface area contributed by atoms with Gasteiger partial charge < -0.3 is 10.4 Å². The Kier molecular flexibility index (Phi) is 7.63. The van der Waals surface area contributed by atoms with Crippen LogP contribution in [-0.2, 0) is 14.4 Å². The number of carboxylic acids is 1. The monoisotopic (exact) mass is 353 g/mol. The second-order valence-electron chi connectivity index (χ2n) is 9.06. The van der Waals surface area contributed by atoms with Crippen molar-refractivity contribution in [2.75, 3.05) is 0 Å². The summed E-state index contributed by atoms with van der Waals surface area (Å²) in [7, 11) is 0. The lowest BCUT2D eigenvalue weighted by Crippen LogP contribution is -2.52. The van der Waals surface area contributed by atoms with Gasteiger partial charge in [0.1, 0.15) is 0 Å². The first-order valence-corrected chi connectivity index (χ1v) is 9.48. The van der Waals surface area contributed by atoms with E-state index in [1.165, 1.54) is 6.92 Å². The molecule has 1 saturated carbocycles. The summed E-state index contributed by atoms with van der Waals surface area (Å²) in [6.07, 6.45) is 4.32. The normalized spacial score (nSPS) is 19.5. The predicted octanol–water partition coefficient (Wildman–Crippen LogP) is 3.66. The van der Waals surface area contributed by atoms with E-state index in [1.54, 1.807) is 0 Å². The van der Waals surface area contributed by atoms with E-state index in [9.17, 15) is 19.5 Å². The minimum Gasteiger partial charge on any atom is -0.481 e. The third-order valence-electron chi connectivity index (χ3n) is 5.25. The molecule has 3 atom stereocenters. The molecular weight excluding hydrogens is 318 g/mol. The summed E-state index contributed by atoms with van der Waals surface area (Å²) < 4.78 is 0. The van der Waals surface area contributed by atoms with Gasteiger partial charge in [-0.15, -0.1) is 0 Å². The molecule has 1 rings (SSSR count). The van der Waals surface area contributed by atoms with E-state index in [-0.39, 0.29) is 23.5 Å². The van der Waals surface area contributed by atoms with Gasteiger partial charge in [0, 0.05) is 0 Å². The number of amides is 1. The Morgan fingerprint density at radius 1 is 1.12 bits per heavy atom. The molecule has 1 unspecified atom stereocenters. The summed E-state index contributed by atoms with van der Waals surface area (Å²) in [6, 6.07) is -0.604. The van der Waals surface area contributed by atoms with Crippen LogP contribution in [0.25, 0.3) is 0 Å². The molecule has 0 saturated heterocycles. The van der Waals surface area contributed by atoms with Crippen molar-refractivity contribution in [3.63, 3.8) is 0 Å². The minimum atomic E-state index is -0.886. The molecule has 5 nitrogen and oxygen atoms in total. The highest BCUT2D eigenvalue weighted by Gasteiger charge is 2.42. The smallest absolute Gasteiger partial charge is 0.307 e. The fourth-order valence-electron chi connectivity index (χ4n) is 4.12. The van der Waals surface area contributed by atoms with E-state index in [0.717, 1.165) is 25.7 Å². The molecular formula is C20H35NO4. The van der Waals surface area contributed by atoms with E-state index in [1.807, 2.05) is 34.6 Å². The Balaban J connectivity index is 3.08. The zero-order valence-electron chi connectivity index (χ0n) is 16.6. The highest BCUT2D eigenvalue weighted by atomic mass is 16.4. The number of hydrogen-bond donors (Lipinski definition) is 2. The van der Waals surface area contributed by atoms with E-state index >= 15 is 0 Å². The van der Waals surface area contributed by atoms with Crippen molar-refractivity contribution in [2.24, 2.45) is 29.1 Å². The molecule has 0 spiro atoms. The second-order valence-corrected chi connectivity index (χ2v) is 9.06. The van der Waals surface area contributed by atoms with Gasteiger partial charge in [-0.05, 0) is 43.4 Å². The molecule has 25 heavy (non-hydrogen) atoms. The molecule has 1 aliphatic carbocycles. The molecule has 144 valence electrons. The van der Waals surface area contributed by atoms with Crippen LogP contribution in [0.4, 0.5) is 0 Å². The third kappa shape index (κ3) is 6.12. The van der Waals surface area contributed by atoms with Crippen molar-refractivity contribution < 1.29 is 19.5 Å². The summed E-state index contributed by atoms with van der Waals surface area (Å²) in [5.41, 5.74) is -0.407. The van der Waals surface area contributed by atoms with Crippen LogP contribution >= 0.6 is 0 Å². The number of rotatable bonds is 8. The van der Waals surface area contributed by atoms with Crippen molar-refractivity contribution in [3.8, 4) is 0 Å². The van der Waals surface area contributed by atoms with E-state index in [2.05, 4.69) is 5.32 Å². The van der Waals surface area contributed by atoms with Crippen LogP contribution in [0.15, 0.2) is 0 Å². The van der Waals surface area contributed by atoms with E-state index in [0.29, 0.717) is 6.42 Å². The van der Waals surface area contributed by atoms with Gasteiger partial charge in [-0.25, -0.2) is 0 Å². The number of ketones is 1. The minimum absolute atomic E-state index is 0.0532. The maximum atomic E-state index is 13.0. The number of nitrogens with one attached hydrogen (secondary N) is 1. The molecule has 1 aliphatic rings. The quantitative estimate of drug-likeness (QED) is 0.697. The van der Waals surface area contributed by atoms with E-state index in [4.69, 9.17) is 0 Å². The SMILES string of the molecule is CC(=O)[C@@H](NC(=O)C(CC(C)C)[C@@H](C(=O)O)C1CCCC1)C(C)(C)C. The lowest BCUT2D eigenvalue weighted by Gasteiger charge is -2.34. The number of carbonyl (C=O) groups is 3. The Labute approximate surface area is 151 Å². The van der Waals surface area contributed by atoms with Crippen molar-refractivity contribution in [1.29, 1.82) is 0 Å². The van der Waals surface area contributed by atoms with Gasteiger partial charge in [0.15, 0.2) is 5.78 Å². The molecule has 0 aromatic carbocycles. The van der Waals surface area contributed by atoms with Crippen LogP contribution in [0.5, 0.6) is 0 Å². The van der Waals surface area contributed by atoms with Gasteiger partial charge in [0.2, 0.25) is 5.91 Å². The van der Waals surface area contributed by atoms with Gasteiger partial charge in [-0.1, -0.05) is 47.5 Å². The van der Waals surface area contributed by atoms with Crippen LogP contribution in [0.3, 0.4) is 0 Å². The van der Waals surface area contributed by atoms with Crippen molar-refractivity contribution in [2.45, 2.75) is 79.7 Å². The number of hydrogen-bond acceptors (Lipinski definition) is 3. The number of Topliss-reactive ketones (excluding diaryl/α,β-unsaturated/α-hetero) is 1. The molecule has 0 aromatic heterocycles. The Morgan fingerprint density at radius 2 is 1.64 bits per heavy atom. The van der Waals surface area contributed by atoms with Gasteiger partial charge >= 0.3 is 5.97 Å². The molecule has 5 heteroatoms. The second kappa shape index (κ2) is 8.81. The van der Waals surface area contributed by atoms with Crippen LogP contribution in [0.1, 0.15) is 73.6 Å². The van der Waals surface area contributed by atoms with Gasteiger partial charge in [0.05, 0.1) is 17.9 Å². The molecule has 2 N–H and O–H groups in total. The highest BCUT2D eigenvalue weighted by molar-refractivity contribution is 5.90. The highest BCUT2D eigenvalue weighted by Crippen LogP contribution is 2.38. The summed E-state index contributed by atoms with van der Waals surface area (Å²) in [5.74, 6) is -2.27. The topological polar surface area (TPSA) is 83.5 Å². The maximum absolute atomic E-state index is 13.0. The van der Waals surface area contributed by atoms with Crippen LogP contribution in [0, 0.1) is 29.1 Å². The lowest BCUT2D eigenvalue weighted by molar-refractivity contribution is -0.150. The molecule has 0 bridgehead atoms. The standard InChI is InChI=1S/C20H35NO4/c1-12(2)11-15(16(19(24)25)14-9-7-8-10-14)18(23)21-17(13(3)22)20(4,5)6/h12,14-17H,7-11H2,1-6H3,(H,21,23)(H,24,25)/t15?,16-,17+/m0/s1. The fraction of sp³-hybridized carbons (Fsp3) is 0.850. The molecule has 0 radical (unpaired) electrons. The molecule has 0 aromatic rings. The molecule has 1 fully saturated rings. The summed E-state index contributed by atoms with van der Waals surface area (Å²) >= 11 is 0. The zero-order chi connectivity index (χ0) is 19.4. The summed E-state index contributed by atoms with van der Waals surface area (Å²) in [6.45, 7) is 11.2. The molecule has 1 amide bonds. The average molecular weight is 354 g/mol. The number of aliphatic carboxylic acids is 1. The lowest BCUT2D eigenvalue weighted by atomic mass is 9.75. The molecule has 0 heterocycles. The first-order valence-electron chi connectivity index (χ1n) is 9.48. The molecule has 0 aliphatic heterocycles. The third-order valence-corrected chi connectivity index (χ3v) is 5.25. The number of carbonyl (C=O) groups excluding carboxylic acids is 2. The Bertz CT molecular complexity index is 486. The Hall–Kier alpha value is -1.39.